The molecule has 0 aliphatic carbocycles. The van der Waals surface area contributed by atoms with E-state index in [1.54, 1.807) is 0 Å². The standard InChI is InChI=1S/C17H18N2OS/c20-17(18-15-9-5-2-6-10-15)19-11-12-21-16(13-19)14-7-3-1-4-8-14/h1-10,16H,11-13H2,(H,18,20). The third-order valence-corrected chi connectivity index (χ3v) is 4.79. The van der Waals surface area contributed by atoms with Gasteiger partial charge in [0.2, 0.25) is 0 Å². The lowest BCUT2D eigenvalue weighted by atomic mass is 10.1. The van der Waals surface area contributed by atoms with Crippen LogP contribution in [0.25, 0.3) is 0 Å². The molecule has 1 fully saturated rings. The predicted molar refractivity (Wildman–Crippen MR) is 88.7 cm³/mol. The van der Waals surface area contributed by atoms with Crippen molar-refractivity contribution >= 4 is 23.5 Å². The molecule has 108 valence electrons. The Bertz CT molecular complexity index is 588. The first-order valence-corrected chi connectivity index (χ1v) is 8.15. The van der Waals surface area contributed by atoms with Crippen molar-refractivity contribution in [2.24, 2.45) is 0 Å². The summed E-state index contributed by atoms with van der Waals surface area (Å²) < 4.78 is 0. The number of amides is 2. The molecule has 3 nitrogen and oxygen atoms in total. The van der Waals surface area contributed by atoms with Crippen LogP contribution in [0.2, 0.25) is 0 Å². The van der Waals surface area contributed by atoms with Gasteiger partial charge in [-0.25, -0.2) is 4.79 Å². The van der Waals surface area contributed by atoms with Crippen molar-refractivity contribution in [3.8, 4) is 0 Å². The molecule has 2 amide bonds. The normalized spacial score (nSPS) is 18.3. The largest absolute Gasteiger partial charge is 0.322 e. The lowest BCUT2D eigenvalue weighted by Gasteiger charge is -2.32. The molecular formula is C17H18N2OS. The Hall–Kier alpha value is -1.94. The van der Waals surface area contributed by atoms with E-state index in [2.05, 4.69) is 29.6 Å². The number of anilines is 1. The highest BCUT2D eigenvalue weighted by molar-refractivity contribution is 7.99. The molecule has 3 rings (SSSR count). The maximum atomic E-state index is 12.3. The fraction of sp³-hybridized carbons (Fsp3) is 0.235. The Balaban J connectivity index is 1.64. The molecule has 21 heavy (non-hydrogen) atoms. The first-order valence-electron chi connectivity index (χ1n) is 7.10. The molecule has 1 aliphatic heterocycles. The number of carbonyl (C=O) groups is 1. The van der Waals surface area contributed by atoms with Gasteiger partial charge in [-0.1, -0.05) is 48.5 Å². The second kappa shape index (κ2) is 6.68. The van der Waals surface area contributed by atoms with E-state index in [0.29, 0.717) is 5.25 Å². The molecule has 2 aromatic rings. The van der Waals surface area contributed by atoms with E-state index in [9.17, 15) is 4.79 Å². The predicted octanol–water partition coefficient (Wildman–Crippen LogP) is 4.01. The second-order valence-corrected chi connectivity index (χ2v) is 6.32. The average Bonchev–Trinajstić information content (AvgIpc) is 2.57. The average molecular weight is 298 g/mol. The number of thioether (sulfide) groups is 1. The van der Waals surface area contributed by atoms with Gasteiger partial charge in [0.15, 0.2) is 0 Å². The second-order valence-electron chi connectivity index (χ2n) is 5.01. The zero-order chi connectivity index (χ0) is 14.5. The van der Waals surface area contributed by atoms with Crippen molar-refractivity contribution in [1.82, 2.24) is 4.90 Å². The number of nitrogens with zero attached hydrogens (tertiary/aromatic N) is 1. The van der Waals surface area contributed by atoms with E-state index in [1.165, 1.54) is 5.56 Å². The zero-order valence-corrected chi connectivity index (χ0v) is 12.6. The van der Waals surface area contributed by atoms with Crippen molar-refractivity contribution in [1.29, 1.82) is 0 Å². The van der Waals surface area contributed by atoms with E-state index in [4.69, 9.17) is 0 Å². The number of nitrogens with one attached hydrogen (secondary N) is 1. The minimum atomic E-state index is -0.0116. The lowest BCUT2D eigenvalue weighted by Crippen LogP contribution is -2.41. The van der Waals surface area contributed by atoms with Crippen LogP contribution in [0.4, 0.5) is 10.5 Å². The van der Waals surface area contributed by atoms with Crippen molar-refractivity contribution in [2.45, 2.75) is 5.25 Å². The third kappa shape index (κ3) is 3.58. The highest BCUT2D eigenvalue weighted by Crippen LogP contribution is 2.33. The summed E-state index contributed by atoms with van der Waals surface area (Å²) in [5.74, 6) is 0.974. The summed E-state index contributed by atoms with van der Waals surface area (Å²) in [6, 6.07) is 20.0. The van der Waals surface area contributed by atoms with Crippen LogP contribution in [0.15, 0.2) is 60.7 Å². The smallest absolute Gasteiger partial charge is 0.321 e. The van der Waals surface area contributed by atoms with Crippen LogP contribution in [0.5, 0.6) is 0 Å². The molecular weight excluding hydrogens is 280 g/mol. The number of carbonyl (C=O) groups excluding carboxylic acids is 1. The van der Waals surface area contributed by atoms with E-state index in [-0.39, 0.29) is 6.03 Å². The molecule has 1 aliphatic rings. The third-order valence-electron chi connectivity index (χ3n) is 3.55. The quantitative estimate of drug-likeness (QED) is 0.908. The molecule has 2 aromatic carbocycles. The minimum absolute atomic E-state index is 0.0116. The topological polar surface area (TPSA) is 32.3 Å². The van der Waals surface area contributed by atoms with E-state index < -0.39 is 0 Å². The molecule has 4 heteroatoms. The van der Waals surface area contributed by atoms with Crippen LogP contribution in [-0.2, 0) is 0 Å². The highest BCUT2D eigenvalue weighted by atomic mass is 32.2. The van der Waals surface area contributed by atoms with Crippen molar-refractivity contribution in [2.75, 3.05) is 24.2 Å². The van der Waals surface area contributed by atoms with Gasteiger partial charge in [-0.2, -0.15) is 11.8 Å². The van der Waals surface area contributed by atoms with Gasteiger partial charge in [0.1, 0.15) is 0 Å². The Morgan fingerprint density at radius 2 is 1.71 bits per heavy atom. The zero-order valence-electron chi connectivity index (χ0n) is 11.7. The number of para-hydroxylation sites is 1. The molecule has 0 radical (unpaired) electrons. The lowest BCUT2D eigenvalue weighted by molar-refractivity contribution is 0.213. The van der Waals surface area contributed by atoms with E-state index in [0.717, 1.165) is 24.5 Å². The minimum Gasteiger partial charge on any atom is -0.322 e. The highest BCUT2D eigenvalue weighted by Gasteiger charge is 2.25. The number of rotatable bonds is 2. The Morgan fingerprint density at radius 1 is 1.05 bits per heavy atom. The van der Waals surface area contributed by atoms with Crippen molar-refractivity contribution < 1.29 is 4.79 Å². The van der Waals surface area contributed by atoms with Crippen molar-refractivity contribution in [3.63, 3.8) is 0 Å². The van der Waals surface area contributed by atoms with Crippen LogP contribution < -0.4 is 5.32 Å². The van der Waals surface area contributed by atoms with E-state index in [1.807, 2.05) is 53.1 Å². The summed E-state index contributed by atoms with van der Waals surface area (Å²) in [5, 5.41) is 3.32. The molecule has 1 unspecified atom stereocenters. The molecule has 0 saturated carbocycles. The molecule has 0 aromatic heterocycles. The molecule has 1 saturated heterocycles. The monoisotopic (exact) mass is 298 g/mol. The van der Waals surface area contributed by atoms with Gasteiger partial charge in [0, 0.05) is 29.8 Å². The van der Waals surface area contributed by atoms with Gasteiger partial charge >= 0.3 is 6.03 Å². The SMILES string of the molecule is O=C(Nc1ccccc1)N1CCSC(c2ccccc2)C1. The first kappa shape index (κ1) is 14.0. The molecule has 0 bridgehead atoms. The van der Waals surface area contributed by atoms with Crippen LogP contribution in [0, 0.1) is 0 Å². The molecule has 1 heterocycles. The molecule has 0 spiro atoms. The number of hydrogen-bond acceptors (Lipinski definition) is 2. The number of urea groups is 1. The Kier molecular flexibility index (Phi) is 4.46. The summed E-state index contributed by atoms with van der Waals surface area (Å²) in [6.45, 7) is 1.56. The Morgan fingerprint density at radius 3 is 2.43 bits per heavy atom. The number of hydrogen-bond donors (Lipinski definition) is 1. The summed E-state index contributed by atoms with van der Waals surface area (Å²) in [4.78, 5) is 14.3. The van der Waals surface area contributed by atoms with Gasteiger partial charge in [0.25, 0.3) is 0 Å². The van der Waals surface area contributed by atoms with Gasteiger partial charge in [-0.15, -0.1) is 0 Å². The Labute approximate surface area is 129 Å². The fourth-order valence-corrected chi connectivity index (χ4v) is 3.67. The van der Waals surface area contributed by atoms with Crippen molar-refractivity contribution in [3.05, 3.63) is 66.2 Å². The van der Waals surface area contributed by atoms with Crippen LogP contribution in [0.1, 0.15) is 10.8 Å². The first-order chi connectivity index (χ1) is 10.3. The summed E-state index contributed by atoms with van der Waals surface area (Å²) in [6.07, 6.45) is 0. The van der Waals surface area contributed by atoms with Gasteiger partial charge in [-0.3, -0.25) is 0 Å². The van der Waals surface area contributed by atoms with Crippen LogP contribution in [0.3, 0.4) is 0 Å². The maximum absolute atomic E-state index is 12.3. The molecule has 1 atom stereocenters. The van der Waals surface area contributed by atoms with E-state index >= 15 is 0 Å². The molecule has 1 N–H and O–H groups in total. The summed E-state index contributed by atoms with van der Waals surface area (Å²) in [5.41, 5.74) is 2.14. The maximum Gasteiger partial charge on any atom is 0.321 e. The van der Waals surface area contributed by atoms with Gasteiger partial charge in [0.05, 0.1) is 0 Å². The van der Waals surface area contributed by atoms with Gasteiger partial charge < -0.3 is 10.2 Å². The fourth-order valence-electron chi connectivity index (χ4n) is 2.43. The summed E-state index contributed by atoms with van der Waals surface area (Å²) >= 11 is 1.92. The van der Waals surface area contributed by atoms with Crippen LogP contribution in [-0.4, -0.2) is 29.8 Å². The van der Waals surface area contributed by atoms with Crippen LogP contribution >= 0.6 is 11.8 Å². The number of benzene rings is 2. The van der Waals surface area contributed by atoms with Gasteiger partial charge in [-0.05, 0) is 17.7 Å². The summed E-state index contributed by atoms with van der Waals surface area (Å²) in [7, 11) is 0.